The molecule has 0 spiro atoms. The van der Waals surface area contributed by atoms with E-state index in [1.165, 1.54) is 12.1 Å². The second-order valence-corrected chi connectivity index (χ2v) is 5.41. The monoisotopic (exact) mass is 380 g/mol. The number of nitrogens with one attached hydrogen (secondary N) is 1. The molecule has 0 fully saturated rings. The minimum Gasteiger partial charge on any atom is -0.322 e. The van der Waals surface area contributed by atoms with Gasteiger partial charge in [0.05, 0.1) is 11.1 Å². The largest absolute Gasteiger partial charge is 0.322 e. The summed E-state index contributed by atoms with van der Waals surface area (Å²) in [7, 11) is 0. The van der Waals surface area contributed by atoms with Gasteiger partial charge in [-0.05, 0) is 59.8 Å². The highest BCUT2D eigenvalue weighted by atomic mass is 127. The SMILES string of the molecule is Cc1ccc(I)c(C(=O)Nc2ccc(F)c(C#N)c2)c1. The molecule has 0 aromatic heterocycles. The van der Waals surface area contributed by atoms with Crippen LogP contribution in [0.15, 0.2) is 36.4 Å². The fraction of sp³-hybridized carbons (Fsp3) is 0.0667. The molecule has 0 atom stereocenters. The first-order valence-corrected chi connectivity index (χ1v) is 6.86. The lowest BCUT2D eigenvalue weighted by Crippen LogP contribution is -2.13. The highest BCUT2D eigenvalue weighted by Gasteiger charge is 2.11. The van der Waals surface area contributed by atoms with Crippen molar-refractivity contribution in [2.75, 3.05) is 5.32 Å². The Morgan fingerprint density at radius 1 is 1.30 bits per heavy atom. The summed E-state index contributed by atoms with van der Waals surface area (Å²) >= 11 is 2.08. The van der Waals surface area contributed by atoms with E-state index in [4.69, 9.17) is 5.26 Å². The van der Waals surface area contributed by atoms with Crippen molar-refractivity contribution in [1.82, 2.24) is 0 Å². The first-order valence-electron chi connectivity index (χ1n) is 5.78. The average Bonchev–Trinajstić information content (AvgIpc) is 2.43. The number of halogens is 2. The van der Waals surface area contributed by atoms with Crippen LogP contribution in [0.2, 0.25) is 0 Å². The molecule has 2 aromatic carbocycles. The molecule has 0 bridgehead atoms. The van der Waals surface area contributed by atoms with Gasteiger partial charge in [0.2, 0.25) is 0 Å². The minimum atomic E-state index is -0.601. The number of carbonyl (C=O) groups is 1. The Hall–Kier alpha value is -1.94. The van der Waals surface area contributed by atoms with Gasteiger partial charge in [-0.15, -0.1) is 0 Å². The van der Waals surface area contributed by atoms with Gasteiger partial charge in [0.1, 0.15) is 11.9 Å². The van der Waals surface area contributed by atoms with Crippen molar-refractivity contribution in [3.8, 4) is 6.07 Å². The van der Waals surface area contributed by atoms with Gasteiger partial charge >= 0.3 is 0 Å². The van der Waals surface area contributed by atoms with Crippen molar-refractivity contribution in [1.29, 1.82) is 5.26 Å². The summed E-state index contributed by atoms with van der Waals surface area (Å²) in [5.74, 6) is -0.885. The van der Waals surface area contributed by atoms with Gasteiger partial charge in [-0.2, -0.15) is 5.26 Å². The molecule has 5 heteroatoms. The van der Waals surface area contributed by atoms with E-state index in [-0.39, 0.29) is 11.5 Å². The molecular formula is C15H10FIN2O. The number of amides is 1. The number of benzene rings is 2. The number of rotatable bonds is 2. The maximum absolute atomic E-state index is 13.2. The van der Waals surface area contributed by atoms with Crippen LogP contribution in [0, 0.1) is 27.6 Å². The molecule has 0 aliphatic rings. The van der Waals surface area contributed by atoms with Crippen molar-refractivity contribution >= 4 is 34.2 Å². The summed E-state index contributed by atoms with van der Waals surface area (Å²) in [4.78, 5) is 12.2. The van der Waals surface area contributed by atoms with Crippen LogP contribution in [-0.4, -0.2) is 5.91 Å². The second kappa shape index (κ2) is 6.01. The highest BCUT2D eigenvalue weighted by molar-refractivity contribution is 14.1. The van der Waals surface area contributed by atoms with Crippen LogP contribution in [0.5, 0.6) is 0 Å². The number of hydrogen-bond donors (Lipinski definition) is 1. The van der Waals surface area contributed by atoms with Crippen LogP contribution >= 0.6 is 22.6 Å². The topological polar surface area (TPSA) is 52.9 Å². The zero-order valence-corrected chi connectivity index (χ0v) is 12.7. The lowest BCUT2D eigenvalue weighted by molar-refractivity contribution is 0.102. The number of nitrogens with zero attached hydrogens (tertiary/aromatic N) is 1. The summed E-state index contributed by atoms with van der Waals surface area (Å²) in [6.45, 7) is 1.90. The zero-order valence-electron chi connectivity index (χ0n) is 10.6. The summed E-state index contributed by atoms with van der Waals surface area (Å²) in [5.41, 5.74) is 1.83. The standard InChI is InChI=1S/C15H10FIN2O/c1-9-2-5-14(17)12(6-9)15(20)19-11-3-4-13(16)10(7-11)8-18/h2-7H,1H3,(H,19,20). The lowest BCUT2D eigenvalue weighted by Gasteiger charge is -2.08. The summed E-state index contributed by atoms with van der Waals surface area (Å²) in [5, 5.41) is 11.4. The minimum absolute atomic E-state index is 0.0956. The number of carbonyl (C=O) groups excluding carboxylic acids is 1. The van der Waals surface area contributed by atoms with Gasteiger partial charge in [-0.1, -0.05) is 11.6 Å². The average molecular weight is 380 g/mol. The van der Waals surface area contributed by atoms with E-state index in [1.807, 2.05) is 19.1 Å². The maximum atomic E-state index is 13.2. The highest BCUT2D eigenvalue weighted by Crippen LogP contribution is 2.18. The Kier molecular flexibility index (Phi) is 4.35. The third-order valence-corrected chi connectivity index (χ3v) is 3.65. The number of aryl methyl sites for hydroxylation is 1. The molecule has 1 N–H and O–H groups in total. The Morgan fingerprint density at radius 2 is 2.05 bits per heavy atom. The number of nitriles is 1. The van der Waals surface area contributed by atoms with Gasteiger partial charge in [0.25, 0.3) is 5.91 Å². The Balaban J connectivity index is 2.28. The fourth-order valence-electron chi connectivity index (χ4n) is 1.70. The van der Waals surface area contributed by atoms with Crippen molar-refractivity contribution < 1.29 is 9.18 Å². The van der Waals surface area contributed by atoms with Gasteiger partial charge in [-0.3, -0.25) is 4.79 Å². The van der Waals surface area contributed by atoms with Gasteiger partial charge in [-0.25, -0.2) is 4.39 Å². The number of anilines is 1. The van der Waals surface area contributed by atoms with E-state index < -0.39 is 5.82 Å². The summed E-state index contributed by atoms with van der Waals surface area (Å²) in [6.07, 6.45) is 0. The van der Waals surface area contributed by atoms with Crippen LogP contribution in [0.3, 0.4) is 0 Å². The van der Waals surface area contributed by atoms with Crippen LogP contribution < -0.4 is 5.32 Å². The molecule has 2 aromatic rings. The van der Waals surface area contributed by atoms with E-state index in [9.17, 15) is 9.18 Å². The fourth-order valence-corrected chi connectivity index (χ4v) is 2.28. The predicted molar refractivity (Wildman–Crippen MR) is 83.0 cm³/mol. The van der Waals surface area contributed by atoms with E-state index in [0.717, 1.165) is 15.2 Å². The molecule has 2 rings (SSSR count). The summed E-state index contributed by atoms with van der Waals surface area (Å²) in [6, 6.07) is 11.2. The molecule has 0 radical (unpaired) electrons. The quantitative estimate of drug-likeness (QED) is 0.805. The Bertz CT molecular complexity index is 722. The molecule has 0 unspecified atom stereocenters. The lowest BCUT2D eigenvalue weighted by atomic mass is 10.1. The van der Waals surface area contributed by atoms with Gasteiger partial charge < -0.3 is 5.32 Å². The molecule has 0 heterocycles. The van der Waals surface area contributed by atoms with Crippen LogP contribution in [0.1, 0.15) is 21.5 Å². The molecular weight excluding hydrogens is 370 g/mol. The normalized spacial score (nSPS) is 9.90. The molecule has 0 saturated heterocycles. The first-order chi connectivity index (χ1) is 9.51. The third-order valence-electron chi connectivity index (χ3n) is 2.71. The van der Waals surface area contributed by atoms with Crippen LogP contribution in [-0.2, 0) is 0 Å². The van der Waals surface area contributed by atoms with Crippen molar-refractivity contribution in [2.24, 2.45) is 0 Å². The van der Waals surface area contributed by atoms with E-state index in [1.54, 1.807) is 12.1 Å². The Morgan fingerprint density at radius 3 is 2.75 bits per heavy atom. The molecule has 0 aliphatic heterocycles. The van der Waals surface area contributed by atoms with E-state index in [2.05, 4.69) is 27.9 Å². The van der Waals surface area contributed by atoms with E-state index >= 15 is 0 Å². The molecule has 0 aliphatic carbocycles. The number of hydrogen-bond acceptors (Lipinski definition) is 2. The first kappa shape index (κ1) is 14.5. The molecule has 0 saturated carbocycles. The molecule has 20 heavy (non-hydrogen) atoms. The van der Waals surface area contributed by atoms with Crippen LogP contribution in [0.25, 0.3) is 0 Å². The van der Waals surface area contributed by atoms with Crippen molar-refractivity contribution in [2.45, 2.75) is 6.92 Å². The zero-order chi connectivity index (χ0) is 14.7. The predicted octanol–water partition coefficient (Wildman–Crippen LogP) is 3.86. The smallest absolute Gasteiger partial charge is 0.256 e. The molecule has 100 valence electrons. The summed E-state index contributed by atoms with van der Waals surface area (Å²) < 4.78 is 14.0. The third kappa shape index (κ3) is 3.14. The van der Waals surface area contributed by atoms with Gasteiger partial charge in [0, 0.05) is 9.26 Å². The molecule has 3 nitrogen and oxygen atoms in total. The maximum Gasteiger partial charge on any atom is 0.256 e. The second-order valence-electron chi connectivity index (χ2n) is 4.24. The van der Waals surface area contributed by atoms with Crippen molar-refractivity contribution in [3.63, 3.8) is 0 Å². The molecule has 1 amide bonds. The van der Waals surface area contributed by atoms with Gasteiger partial charge in [0.15, 0.2) is 0 Å². The van der Waals surface area contributed by atoms with Crippen molar-refractivity contribution in [3.05, 3.63) is 62.5 Å². The van der Waals surface area contributed by atoms with E-state index in [0.29, 0.717) is 11.3 Å². The Labute approximate surface area is 129 Å². The van der Waals surface area contributed by atoms with Crippen LogP contribution in [0.4, 0.5) is 10.1 Å².